The first kappa shape index (κ1) is 18.1. The molecule has 1 unspecified atom stereocenters. The van der Waals surface area contributed by atoms with Crippen LogP contribution in [-0.4, -0.2) is 22.7 Å². The molecule has 2 rings (SSSR count). The van der Waals surface area contributed by atoms with Gasteiger partial charge in [-0.05, 0) is 36.2 Å². The van der Waals surface area contributed by atoms with E-state index in [2.05, 4.69) is 5.32 Å². The second kappa shape index (κ2) is 9.13. The lowest BCUT2D eigenvalue weighted by atomic mass is 10.0. The molecule has 0 saturated carbocycles. The van der Waals surface area contributed by atoms with Gasteiger partial charge in [-0.25, -0.2) is 0 Å². The Bertz CT molecular complexity index is 671. The highest BCUT2D eigenvalue weighted by atomic mass is 32.2. The molecule has 2 N–H and O–H groups in total. The molecule has 0 fully saturated rings. The van der Waals surface area contributed by atoms with Gasteiger partial charge in [0.2, 0.25) is 5.91 Å². The van der Waals surface area contributed by atoms with Gasteiger partial charge in [0.05, 0.1) is 5.92 Å². The lowest BCUT2D eigenvalue weighted by molar-refractivity contribution is -0.141. The van der Waals surface area contributed by atoms with Crippen LogP contribution in [0.4, 0.5) is 5.69 Å². The van der Waals surface area contributed by atoms with Crippen LogP contribution in [0.1, 0.15) is 18.9 Å². The Morgan fingerprint density at radius 3 is 2.38 bits per heavy atom. The third-order valence-electron chi connectivity index (χ3n) is 3.54. The van der Waals surface area contributed by atoms with E-state index in [1.165, 1.54) is 0 Å². The van der Waals surface area contributed by atoms with Gasteiger partial charge in [0, 0.05) is 22.8 Å². The number of nitrogens with one attached hydrogen (secondary N) is 1. The molecule has 0 saturated heterocycles. The monoisotopic (exact) mass is 343 g/mol. The minimum Gasteiger partial charge on any atom is -0.481 e. The van der Waals surface area contributed by atoms with E-state index in [9.17, 15) is 9.59 Å². The molecule has 0 bridgehead atoms. The van der Waals surface area contributed by atoms with Gasteiger partial charge in [0.1, 0.15) is 0 Å². The molecule has 5 heteroatoms. The highest BCUT2D eigenvalue weighted by molar-refractivity contribution is 7.99. The van der Waals surface area contributed by atoms with Crippen LogP contribution in [-0.2, 0) is 16.0 Å². The second-order valence-corrected chi connectivity index (χ2v) is 6.77. The van der Waals surface area contributed by atoms with Crippen molar-refractivity contribution >= 4 is 29.3 Å². The number of thioether (sulfide) groups is 1. The molecule has 126 valence electrons. The number of carbonyl (C=O) groups is 2. The van der Waals surface area contributed by atoms with E-state index in [0.717, 1.165) is 21.9 Å². The molecule has 0 heterocycles. The van der Waals surface area contributed by atoms with Crippen LogP contribution < -0.4 is 5.32 Å². The molecule has 24 heavy (non-hydrogen) atoms. The van der Waals surface area contributed by atoms with Crippen molar-refractivity contribution < 1.29 is 14.7 Å². The van der Waals surface area contributed by atoms with Gasteiger partial charge in [-0.2, -0.15) is 0 Å². The van der Waals surface area contributed by atoms with Crippen molar-refractivity contribution in [1.82, 2.24) is 0 Å². The van der Waals surface area contributed by atoms with Crippen molar-refractivity contribution in [2.75, 3.05) is 11.1 Å². The third kappa shape index (κ3) is 6.08. The summed E-state index contributed by atoms with van der Waals surface area (Å²) in [5, 5.41) is 11.8. The number of aliphatic carboxylic acids is 1. The minimum absolute atomic E-state index is 0.0231. The van der Waals surface area contributed by atoms with Gasteiger partial charge >= 0.3 is 5.97 Å². The summed E-state index contributed by atoms with van der Waals surface area (Å²) in [5.74, 6) is -0.516. The van der Waals surface area contributed by atoms with Crippen LogP contribution in [0.3, 0.4) is 0 Å². The van der Waals surface area contributed by atoms with E-state index in [1.54, 1.807) is 18.7 Å². The fraction of sp³-hybridized carbons (Fsp3) is 0.263. The molecule has 1 atom stereocenters. The van der Waals surface area contributed by atoms with E-state index in [0.29, 0.717) is 12.8 Å². The van der Waals surface area contributed by atoms with E-state index in [4.69, 9.17) is 5.11 Å². The summed E-state index contributed by atoms with van der Waals surface area (Å²) in [5.41, 5.74) is 1.68. The van der Waals surface area contributed by atoms with Crippen LogP contribution in [0.2, 0.25) is 0 Å². The van der Waals surface area contributed by atoms with Crippen LogP contribution in [0.15, 0.2) is 59.5 Å². The number of hydrogen-bond donors (Lipinski definition) is 2. The molecule has 0 aliphatic carbocycles. The minimum atomic E-state index is -0.803. The second-order valence-electron chi connectivity index (χ2n) is 5.60. The Labute approximate surface area is 146 Å². The summed E-state index contributed by atoms with van der Waals surface area (Å²) in [6.07, 6.45) is 0.925. The highest BCUT2D eigenvalue weighted by Gasteiger charge is 2.11. The summed E-state index contributed by atoms with van der Waals surface area (Å²) in [4.78, 5) is 24.0. The molecule has 0 radical (unpaired) electrons. The average Bonchev–Trinajstić information content (AvgIpc) is 2.57. The smallest absolute Gasteiger partial charge is 0.306 e. The van der Waals surface area contributed by atoms with Crippen molar-refractivity contribution in [3.8, 4) is 0 Å². The van der Waals surface area contributed by atoms with Crippen molar-refractivity contribution in [1.29, 1.82) is 0 Å². The third-order valence-corrected chi connectivity index (χ3v) is 4.56. The number of amides is 1. The van der Waals surface area contributed by atoms with Crippen molar-refractivity contribution in [3.63, 3.8) is 0 Å². The molecule has 0 aliphatic heterocycles. The average molecular weight is 343 g/mol. The quantitative estimate of drug-likeness (QED) is 0.709. The molecular weight excluding hydrogens is 322 g/mol. The van der Waals surface area contributed by atoms with Gasteiger partial charge in [-0.3, -0.25) is 9.59 Å². The fourth-order valence-electron chi connectivity index (χ4n) is 2.17. The van der Waals surface area contributed by atoms with Gasteiger partial charge in [-0.1, -0.05) is 37.3 Å². The molecule has 0 aromatic heterocycles. The first-order valence-electron chi connectivity index (χ1n) is 7.84. The molecular formula is C19H21NO3S. The topological polar surface area (TPSA) is 66.4 Å². The maximum atomic E-state index is 12.0. The standard InChI is InChI=1S/C19H21NO3S/c1-14(19(22)23)13-15-7-9-16(10-8-15)20-18(21)11-12-24-17-5-3-2-4-6-17/h2-10,14H,11-13H2,1H3,(H,20,21)(H,22,23). The molecule has 1 amide bonds. The molecule has 2 aromatic rings. The SMILES string of the molecule is CC(Cc1ccc(NC(=O)CCSc2ccccc2)cc1)C(=O)O. The zero-order valence-electron chi connectivity index (χ0n) is 13.6. The first-order valence-corrected chi connectivity index (χ1v) is 8.82. The van der Waals surface area contributed by atoms with Crippen LogP contribution in [0.25, 0.3) is 0 Å². The van der Waals surface area contributed by atoms with Gasteiger partial charge in [0.25, 0.3) is 0 Å². The van der Waals surface area contributed by atoms with Crippen LogP contribution in [0.5, 0.6) is 0 Å². The fourth-order valence-corrected chi connectivity index (χ4v) is 3.04. The summed E-state index contributed by atoms with van der Waals surface area (Å²) in [6.45, 7) is 1.68. The summed E-state index contributed by atoms with van der Waals surface area (Å²) in [7, 11) is 0. The maximum absolute atomic E-state index is 12.0. The lowest BCUT2D eigenvalue weighted by Crippen LogP contribution is -2.13. The number of anilines is 1. The van der Waals surface area contributed by atoms with E-state index in [-0.39, 0.29) is 5.91 Å². The lowest BCUT2D eigenvalue weighted by Gasteiger charge is -2.08. The molecule has 2 aromatic carbocycles. The van der Waals surface area contributed by atoms with Crippen molar-refractivity contribution in [2.45, 2.75) is 24.7 Å². The summed E-state index contributed by atoms with van der Waals surface area (Å²) >= 11 is 1.65. The Balaban J connectivity index is 1.76. The Morgan fingerprint density at radius 2 is 1.75 bits per heavy atom. The largest absolute Gasteiger partial charge is 0.481 e. The number of rotatable bonds is 8. The van der Waals surface area contributed by atoms with Crippen molar-refractivity contribution in [2.24, 2.45) is 5.92 Å². The highest BCUT2D eigenvalue weighted by Crippen LogP contribution is 2.18. The first-order chi connectivity index (χ1) is 11.5. The molecule has 0 aliphatic rings. The van der Waals surface area contributed by atoms with Crippen LogP contribution in [0, 0.1) is 5.92 Å². The van der Waals surface area contributed by atoms with Gasteiger partial charge in [-0.15, -0.1) is 11.8 Å². The number of carboxylic acids is 1. The number of carbonyl (C=O) groups excluding carboxylic acids is 1. The van der Waals surface area contributed by atoms with Gasteiger partial charge in [0.15, 0.2) is 0 Å². The Hall–Kier alpha value is -2.27. The summed E-state index contributed by atoms with van der Waals surface area (Å²) in [6, 6.07) is 17.3. The van der Waals surface area contributed by atoms with E-state index >= 15 is 0 Å². The van der Waals surface area contributed by atoms with Crippen molar-refractivity contribution in [3.05, 3.63) is 60.2 Å². The van der Waals surface area contributed by atoms with E-state index < -0.39 is 11.9 Å². The van der Waals surface area contributed by atoms with Gasteiger partial charge < -0.3 is 10.4 Å². The predicted octanol–water partition coefficient (Wildman–Crippen LogP) is 4.07. The van der Waals surface area contributed by atoms with Crippen LogP contribution >= 0.6 is 11.8 Å². The zero-order valence-corrected chi connectivity index (χ0v) is 14.4. The zero-order chi connectivity index (χ0) is 17.4. The maximum Gasteiger partial charge on any atom is 0.306 e. The van der Waals surface area contributed by atoms with E-state index in [1.807, 2.05) is 54.6 Å². The summed E-state index contributed by atoms with van der Waals surface area (Å²) < 4.78 is 0. The Morgan fingerprint density at radius 1 is 1.08 bits per heavy atom. The number of hydrogen-bond acceptors (Lipinski definition) is 3. The predicted molar refractivity (Wildman–Crippen MR) is 97.4 cm³/mol. The Kier molecular flexibility index (Phi) is 6.88. The number of benzene rings is 2. The number of carboxylic acid groups (broad SMARTS) is 1. The normalized spacial score (nSPS) is 11.7. The molecule has 4 nitrogen and oxygen atoms in total. The molecule has 0 spiro atoms.